The molecule has 1 atom stereocenters. The van der Waals surface area contributed by atoms with Crippen LogP contribution in [0.2, 0.25) is 0 Å². The molecule has 16 heavy (non-hydrogen) atoms. The maximum atomic E-state index is 5.84. The molecule has 92 valence electrons. The maximum Gasteiger partial charge on any atom is 0.156 e. The Morgan fingerprint density at radius 3 is 2.88 bits per heavy atom. The summed E-state index contributed by atoms with van der Waals surface area (Å²) in [5.41, 5.74) is 0. The quantitative estimate of drug-likeness (QED) is 0.769. The van der Waals surface area contributed by atoms with Crippen molar-refractivity contribution in [2.75, 3.05) is 19.7 Å². The van der Waals surface area contributed by atoms with Gasteiger partial charge in [0.05, 0.1) is 19.3 Å². The summed E-state index contributed by atoms with van der Waals surface area (Å²) in [6, 6.07) is 0. The predicted octanol–water partition coefficient (Wildman–Crippen LogP) is 2.42. The van der Waals surface area contributed by atoms with Gasteiger partial charge in [0.2, 0.25) is 0 Å². The van der Waals surface area contributed by atoms with E-state index in [2.05, 4.69) is 17.2 Å². The Hall–Kier alpha value is -0.220. The van der Waals surface area contributed by atoms with Crippen LogP contribution in [0.1, 0.15) is 39.0 Å². The lowest BCUT2D eigenvalue weighted by molar-refractivity contribution is 0.0319. The first kappa shape index (κ1) is 12.2. The molecule has 0 bridgehead atoms. The lowest BCUT2D eigenvalue weighted by Crippen LogP contribution is -2.27. The molecule has 2 rings (SSSR count). The highest BCUT2D eigenvalue weighted by Crippen LogP contribution is 2.20. The van der Waals surface area contributed by atoms with E-state index in [-0.39, 0.29) is 0 Å². The van der Waals surface area contributed by atoms with Crippen molar-refractivity contribution >= 4 is 16.9 Å². The Kier molecular flexibility index (Phi) is 4.97. The number of ether oxygens (including phenoxy) is 1. The van der Waals surface area contributed by atoms with Crippen LogP contribution in [0.15, 0.2) is 4.99 Å². The van der Waals surface area contributed by atoms with Gasteiger partial charge in [-0.05, 0) is 12.8 Å². The summed E-state index contributed by atoms with van der Waals surface area (Å²) in [6.45, 7) is 4.88. The standard InChI is InChI=1S/C12H22N2OS/c1-10-9-14-12(16-10)13-7-8-15-11-5-3-2-4-6-11/h10-11H,2-9H2,1H3,(H,13,14). The van der Waals surface area contributed by atoms with Crippen LogP contribution in [0.4, 0.5) is 0 Å². The fourth-order valence-electron chi connectivity index (χ4n) is 2.19. The van der Waals surface area contributed by atoms with Crippen LogP contribution in [0.25, 0.3) is 0 Å². The molecule has 1 saturated carbocycles. The van der Waals surface area contributed by atoms with E-state index in [1.807, 2.05) is 11.8 Å². The first-order valence-corrected chi connectivity index (χ1v) is 7.29. The molecule has 0 amide bonds. The largest absolute Gasteiger partial charge is 0.376 e. The van der Waals surface area contributed by atoms with E-state index < -0.39 is 0 Å². The highest BCUT2D eigenvalue weighted by molar-refractivity contribution is 8.14. The van der Waals surface area contributed by atoms with Gasteiger partial charge in [0.25, 0.3) is 0 Å². The molecule has 0 aromatic rings. The van der Waals surface area contributed by atoms with Gasteiger partial charge in [0.15, 0.2) is 5.17 Å². The normalized spacial score (nSPS) is 26.8. The van der Waals surface area contributed by atoms with Gasteiger partial charge in [0.1, 0.15) is 0 Å². The summed E-state index contributed by atoms with van der Waals surface area (Å²) in [4.78, 5) is 4.41. The number of nitrogens with one attached hydrogen (secondary N) is 1. The number of hydrogen-bond donors (Lipinski definition) is 1. The molecular weight excluding hydrogens is 220 g/mol. The zero-order valence-electron chi connectivity index (χ0n) is 10.1. The van der Waals surface area contributed by atoms with Crippen molar-refractivity contribution in [3.63, 3.8) is 0 Å². The molecule has 0 spiro atoms. The second-order valence-electron chi connectivity index (χ2n) is 4.63. The molecule has 0 saturated heterocycles. The Bertz CT molecular complexity index is 239. The lowest BCUT2D eigenvalue weighted by atomic mass is 9.98. The predicted molar refractivity (Wildman–Crippen MR) is 70.2 cm³/mol. The van der Waals surface area contributed by atoms with Crippen molar-refractivity contribution in [2.45, 2.75) is 50.4 Å². The molecule has 1 heterocycles. The van der Waals surface area contributed by atoms with E-state index in [1.54, 1.807) is 0 Å². The van der Waals surface area contributed by atoms with Crippen LogP contribution in [0.5, 0.6) is 0 Å². The molecule has 1 fully saturated rings. The monoisotopic (exact) mass is 242 g/mol. The number of aliphatic imine (C=N–C) groups is 1. The van der Waals surface area contributed by atoms with Gasteiger partial charge in [0, 0.05) is 11.8 Å². The smallest absolute Gasteiger partial charge is 0.156 e. The van der Waals surface area contributed by atoms with Gasteiger partial charge in [-0.15, -0.1) is 0 Å². The molecule has 3 nitrogen and oxygen atoms in total. The molecule has 0 aromatic carbocycles. The molecule has 1 aliphatic heterocycles. The van der Waals surface area contributed by atoms with Crippen molar-refractivity contribution in [1.29, 1.82) is 0 Å². The van der Waals surface area contributed by atoms with Crippen LogP contribution in [0, 0.1) is 0 Å². The number of rotatable bonds is 4. The van der Waals surface area contributed by atoms with Gasteiger partial charge in [-0.25, -0.2) is 0 Å². The first-order chi connectivity index (χ1) is 7.84. The zero-order valence-corrected chi connectivity index (χ0v) is 10.9. The van der Waals surface area contributed by atoms with Gasteiger partial charge in [-0.1, -0.05) is 37.9 Å². The number of amidine groups is 1. The third-order valence-corrected chi connectivity index (χ3v) is 4.14. The molecule has 0 aromatic heterocycles. The number of thioether (sulfide) groups is 1. The highest BCUT2D eigenvalue weighted by atomic mass is 32.2. The van der Waals surface area contributed by atoms with Crippen molar-refractivity contribution in [3.8, 4) is 0 Å². The minimum absolute atomic E-state index is 0.521. The van der Waals surface area contributed by atoms with E-state index in [0.717, 1.165) is 24.9 Å². The summed E-state index contributed by atoms with van der Waals surface area (Å²) in [5, 5.41) is 5.08. The third kappa shape index (κ3) is 3.98. The topological polar surface area (TPSA) is 33.6 Å². The van der Waals surface area contributed by atoms with Gasteiger partial charge >= 0.3 is 0 Å². The highest BCUT2D eigenvalue weighted by Gasteiger charge is 2.15. The molecule has 1 N–H and O–H groups in total. The molecule has 1 unspecified atom stereocenters. The van der Waals surface area contributed by atoms with Crippen molar-refractivity contribution in [2.24, 2.45) is 4.99 Å². The molecule has 1 aliphatic carbocycles. The van der Waals surface area contributed by atoms with Crippen molar-refractivity contribution in [3.05, 3.63) is 0 Å². The first-order valence-electron chi connectivity index (χ1n) is 6.41. The maximum absolute atomic E-state index is 5.84. The van der Waals surface area contributed by atoms with Gasteiger partial charge in [-0.3, -0.25) is 4.99 Å². The van der Waals surface area contributed by atoms with Crippen LogP contribution in [-0.4, -0.2) is 36.2 Å². The van der Waals surface area contributed by atoms with Crippen LogP contribution in [0.3, 0.4) is 0 Å². The lowest BCUT2D eigenvalue weighted by Gasteiger charge is -2.22. The summed E-state index contributed by atoms with van der Waals surface area (Å²) < 4.78 is 5.84. The minimum atomic E-state index is 0.521. The summed E-state index contributed by atoms with van der Waals surface area (Å²) in [5.74, 6) is 0. The zero-order chi connectivity index (χ0) is 11.2. The van der Waals surface area contributed by atoms with E-state index in [1.165, 1.54) is 32.1 Å². The van der Waals surface area contributed by atoms with Gasteiger partial charge in [-0.2, -0.15) is 0 Å². The molecular formula is C12H22N2OS. The minimum Gasteiger partial charge on any atom is -0.376 e. The fourth-order valence-corrected chi connectivity index (χ4v) is 3.05. The van der Waals surface area contributed by atoms with Gasteiger partial charge < -0.3 is 10.1 Å². The Morgan fingerprint density at radius 1 is 1.38 bits per heavy atom. The number of nitrogens with zero attached hydrogens (tertiary/aromatic N) is 1. The van der Waals surface area contributed by atoms with E-state index in [0.29, 0.717) is 11.4 Å². The van der Waals surface area contributed by atoms with E-state index in [4.69, 9.17) is 4.74 Å². The SMILES string of the molecule is CC1CN=C(NCCOC2CCCCC2)S1. The van der Waals surface area contributed by atoms with Crippen LogP contribution < -0.4 is 5.32 Å². The Balaban J connectivity index is 1.51. The molecule has 4 heteroatoms. The summed E-state index contributed by atoms with van der Waals surface area (Å²) in [7, 11) is 0. The van der Waals surface area contributed by atoms with E-state index in [9.17, 15) is 0 Å². The molecule has 2 aliphatic rings. The van der Waals surface area contributed by atoms with Crippen LogP contribution in [-0.2, 0) is 4.74 Å². The summed E-state index contributed by atoms with van der Waals surface area (Å²) >= 11 is 1.83. The second-order valence-corrected chi connectivity index (χ2v) is 6.06. The van der Waals surface area contributed by atoms with Crippen molar-refractivity contribution in [1.82, 2.24) is 5.32 Å². The van der Waals surface area contributed by atoms with E-state index >= 15 is 0 Å². The van der Waals surface area contributed by atoms with Crippen LogP contribution >= 0.6 is 11.8 Å². The third-order valence-electron chi connectivity index (χ3n) is 3.09. The molecule has 0 radical (unpaired) electrons. The van der Waals surface area contributed by atoms with Crippen molar-refractivity contribution < 1.29 is 4.74 Å². The Labute approximate surface area is 102 Å². The average molecular weight is 242 g/mol. The average Bonchev–Trinajstić information content (AvgIpc) is 2.72. The fraction of sp³-hybridized carbons (Fsp3) is 0.917. The number of hydrogen-bond acceptors (Lipinski definition) is 4. The summed E-state index contributed by atoms with van der Waals surface area (Å²) in [6.07, 6.45) is 7.12. The second kappa shape index (κ2) is 6.50. The Morgan fingerprint density at radius 2 is 2.19 bits per heavy atom.